The summed E-state index contributed by atoms with van der Waals surface area (Å²) >= 11 is 1.34. The van der Waals surface area contributed by atoms with Crippen molar-refractivity contribution in [2.75, 3.05) is 19.5 Å². The lowest BCUT2D eigenvalue weighted by molar-refractivity contribution is -0.131. The number of nitrogens with zero attached hydrogens (tertiary/aromatic N) is 1. The molecule has 2 N–H and O–H groups in total. The van der Waals surface area contributed by atoms with E-state index in [4.69, 9.17) is 14.6 Å². The third-order valence-corrected chi connectivity index (χ3v) is 6.70. The topological polar surface area (TPSA) is 122 Å². The van der Waals surface area contributed by atoms with Crippen LogP contribution in [0.4, 0.5) is 0 Å². The molecule has 0 fully saturated rings. The highest BCUT2D eigenvalue weighted by Gasteiger charge is 2.28. The van der Waals surface area contributed by atoms with Crippen molar-refractivity contribution < 1.29 is 34.1 Å². The van der Waals surface area contributed by atoms with E-state index in [0.29, 0.717) is 34.4 Å². The van der Waals surface area contributed by atoms with E-state index < -0.39 is 17.9 Å². The molecule has 2 aromatic rings. The molecule has 0 bridgehead atoms. The largest absolute Gasteiger partial charge is 0.497 e. The minimum atomic E-state index is -1.13. The van der Waals surface area contributed by atoms with Gasteiger partial charge in [-0.2, -0.15) is 0 Å². The Kier molecular flexibility index (Phi) is 10.1. The van der Waals surface area contributed by atoms with Crippen molar-refractivity contribution in [3.63, 3.8) is 0 Å². The van der Waals surface area contributed by atoms with Crippen LogP contribution in [0, 0.1) is 0 Å². The molecule has 1 unspecified atom stereocenters. The Balaban J connectivity index is 1.74. The number of carboxylic acid groups (broad SMARTS) is 2. The second kappa shape index (κ2) is 13.5. The first kappa shape index (κ1) is 27.7. The van der Waals surface area contributed by atoms with Crippen LogP contribution in [-0.2, 0) is 20.7 Å². The van der Waals surface area contributed by atoms with Crippen LogP contribution in [0.3, 0.4) is 0 Å². The van der Waals surface area contributed by atoms with Crippen molar-refractivity contribution in [3.8, 4) is 5.75 Å². The maximum atomic E-state index is 12.6. The van der Waals surface area contributed by atoms with Crippen LogP contribution >= 0.6 is 11.8 Å². The van der Waals surface area contributed by atoms with Crippen molar-refractivity contribution in [1.29, 1.82) is 0 Å². The lowest BCUT2D eigenvalue weighted by atomic mass is 9.90. The first-order chi connectivity index (χ1) is 17.8. The van der Waals surface area contributed by atoms with Gasteiger partial charge in [0.15, 0.2) is 5.09 Å². The number of thioether (sulfide) groups is 1. The van der Waals surface area contributed by atoms with Gasteiger partial charge in [-0.1, -0.05) is 36.0 Å². The van der Waals surface area contributed by atoms with Crippen molar-refractivity contribution in [1.82, 2.24) is 0 Å². The monoisotopic (exact) mass is 523 g/mol. The zero-order valence-electron chi connectivity index (χ0n) is 20.7. The molecule has 37 heavy (non-hydrogen) atoms. The average Bonchev–Trinajstić information content (AvgIpc) is 2.88. The molecule has 194 valence electrons. The summed E-state index contributed by atoms with van der Waals surface area (Å²) in [6, 6.07) is 14.1. The molecule has 0 saturated heterocycles. The summed E-state index contributed by atoms with van der Waals surface area (Å²) in [4.78, 5) is 39.7. The van der Waals surface area contributed by atoms with Crippen LogP contribution in [-0.4, -0.2) is 53.1 Å². The fraction of sp³-hybridized carbons (Fsp3) is 0.286. The van der Waals surface area contributed by atoms with Crippen LogP contribution in [0.25, 0.3) is 0 Å². The molecule has 8 nitrogen and oxygen atoms in total. The molecular formula is C28H29NO7S. The Hall–Kier alpha value is -3.85. The second-order valence-electron chi connectivity index (χ2n) is 8.36. The van der Waals surface area contributed by atoms with E-state index in [9.17, 15) is 19.5 Å². The number of carbonyl (C=O) groups is 3. The number of carboxylic acids is 2. The number of ketones is 1. The number of ether oxygens (including phenoxy) is 2. The van der Waals surface area contributed by atoms with Crippen molar-refractivity contribution in [3.05, 3.63) is 88.2 Å². The standard InChI is InChI=1S/C28H29NO7S/c1-18(30)26(20-7-5-8-21(16-20)27(33)34)24-17-37-28(23(29-24)13-14-25(31)32)36-15-4-3-6-19-9-11-22(35-2)12-10-19/h5,7-14,16,26H,3-4,6,15,17H2,1-2H3,(H,31,32)(H,33,34). The molecule has 1 aliphatic heterocycles. The van der Waals surface area contributed by atoms with E-state index in [-0.39, 0.29) is 11.3 Å². The SMILES string of the molecule is COc1ccc(CCCCOC2=C(C=CC(=O)O)N=C(C(C(C)=O)c3cccc(C(=O)O)c3)CS2)cc1. The van der Waals surface area contributed by atoms with Crippen LogP contribution in [0.5, 0.6) is 5.75 Å². The molecule has 1 aliphatic rings. The van der Waals surface area contributed by atoms with Crippen LogP contribution < -0.4 is 4.74 Å². The first-order valence-electron chi connectivity index (χ1n) is 11.7. The summed E-state index contributed by atoms with van der Waals surface area (Å²) in [7, 11) is 1.63. The number of benzene rings is 2. The molecule has 0 radical (unpaired) electrons. The molecule has 0 spiro atoms. The Bertz CT molecular complexity index is 1230. The van der Waals surface area contributed by atoms with Crippen molar-refractivity contribution >= 4 is 35.2 Å². The van der Waals surface area contributed by atoms with Crippen LogP contribution in [0.2, 0.25) is 0 Å². The molecule has 0 aliphatic carbocycles. The number of aliphatic imine (C=N–C) groups is 1. The Labute approximate surface area is 219 Å². The van der Waals surface area contributed by atoms with Crippen molar-refractivity contribution in [2.24, 2.45) is 4.99 Å². The van der Waals surface area contributed by atoms with E-state index in [2.05, 4.69) is 4.99 Å². The van der Waals surface area contributed by atoms with Gasteiger partial charge in [0.1, 0.15) is 17.2 Å². The number of methoxy groups -OCH3 is 1. The normalized spacial score (nSPS) is 14.3. The molecule has 2 aromatic carbocycles. The minimum Gasteiger partial charge on any atom is -0.497 e. The Morgan fingerprint density at radius 3 is 2.51 bits per heavy atom. The highest BCUT2D eigenvalue weighted by atomic mass is 32.2. The van der Waals surface area contributed by atoms with E-state index >= 15 is 0 Å². The average molecular weight is 524 g/mol. The van der Waals surface area contributed by atoms with E-state index in [1.54, 1.807) is 19.2 Å². The van der Waals surface area contributed by atoms with E-state index in [1.165, 1.54) is 42.5 Å². The fourth-order valence-electron chi connectivity index (χ4n) is 3.87. The predicted molar refractivity (Wildman–Crippen MR) is 142 cm³/mol. The summed E-state index contributed by atoms with van der Waals surface area (Å²) in [5.41, 5.74) is 2.64. The zero-order valence-corrected chi connectivity index (χ0v) is 21.5. The van der Waals surface area contributed by atoms with Gasteiger partial charge in [0.25, 0.3) is 0 Å². The van der Waals surface area contributed by atoms with E-state index in [0.717, 1.165) is 31.1 Å². The number of unbranched alkanes of at least 4 members (excludes halogenated alkanes) is 1. The van der Waals surface area contributed by atoms with Crippen LogP contribution in [0.15, 0.2) is 76.5 Å². The number of aryl methyl sites for hydroxylation is 1. The van der Waals surface area contributed by atoms with E-state index in [1.807, 2.05) is 24.3 Å². The number of rotatable bonds is 13. The van der Waals surface area contributed by atoms with Gasteiger partial charge in [0.05, 0.1) is 25.2 Å². The third-order valence-electron chi connectivity index (χ3n) is 5.67. The van der Waals surface area contributed by atoms with Crippen LogP contribution in [0.1, 0.15) is 47.2 Å². The Morgan fingerprint density at radius 1 is 1.11 bits per heavy atom. The summed E-state index contributed by atoms with van der Waals surface area (Å²) in [5.74, 6) is -1.98. The molecule has 0 aromatic heterocycles. The highest BCUT2D eigenvalue weighted by molar-refractivity contribution is 8.03. The lowest BCUT2D eigenvalue weighted by Crippen LogP contribution is -2.24. The van der Waals surface area contributed by atoms with Gasteiger partial charge < -0.3 is 19.7 Å². The number of hydrogen-bond donors (Lipinski definition) is 2. The zero-order chi connectivity index (χ0) is 26.8. The number of carbonyl (C=O) groups excluding carboxylic acids is 1. The van der Waals surface area contributed by atoms with Gasteiger partial charge in [0, 0.05) is 17.5 Å². The third kappa shape index (κ3) is 8.08. The summed E-state index contributed by atoms with van der Waals surface area (Å²) in [6.45, 7) is 1.86. The summed E-state index contributed by atoms with van der Waals surface area (Å²) in [5, 5.41) is 18.9. The molecule has 9 heteroatoms. The van der Waals surface area contributed by atoms with Gasteiger partial charge in [-0.15, -0.1) is 0 Å². The number of allylic oxidation sites excluding steroid dienone is 1. The molecule has 0 saturated carbocycles. The Morgan fingerprint density at radius 2 is 1.86 bits per heavy atom. The number of Topliss-reactive ketones (excluding diaryl/α,β-unsaturated/α-hetero) is 1. The number of hydrogen-bond acceptors (Lipinski definition) is 7. The molecule has 1 heterocycles. The van der Waals surface area contributed by atoms with Gasteiger partial charge in [-0.3, -0.25) is 9.79 Å². The number of aliphatic carboxylic acids is 1. The summed E-state index contributed by atoms with van der Waals surface area (Å²) in [6.07, 6.45) is 4.92. The smallest absolute Gasteiger partial charge is 0.335 e. The number of aromatic carboxylic acids is 1. The van der Waals surface area contributed by atoms with Gasteiger partial charge in [-0.05, 0) is 67.7 Å². The highest BCUT2D eigenvalue weighted by Crippen LogP contribution is 2.33. The molecule has 3 rings (SSSR count). The quantitative estimate of drug-likeness (QED) is 0.275. The lowest BCUT2D eigenvalue weighted by Gasteiger charge is -2.23. The summed E-state index contributed by atoms with van der Waals surface area (Å²) < 4.78 is 11.1. The van der Waals surface area contributed by atoms with Gasteiger partial charge in [-0.25, -0.2) is 9.59 Å². The molecular weight excluding hydrogens is 494 g/mol. The van der Waals surface area contributed by atoms with Gasteiger partial charge >= 0.3 is 11.9 Å². The first-order valence-corrected chi connectivity index (χ1v) is 12.7. The maximum absolute atomic E-state index is 12.6. The van der Waals surface area contributed by atoms with Gasteiger partial charge in [0.2, 0.25) is 0 Å². The fourth-order valence-corrected chi connectivity index (χ4v) is 4.80. The second-order valence-corrected chi connectivity index (χ2v) is 9.31. The minimum absolute atomic E-state index is 0.0769. The molecule has 0 amide bonds. The molecule has 1 atom stereocenters. The predicted octanol–water partition coefficient (Wildman–Crippen LogP) is 5.10. The van der Waals surface area contributed by atoms with Crippen molar-refractivity contribution in [2.45, 2.75) is 32.1 Å². The maximum Gasteiger partial charge on any atom is 0.335 e.